The van der Waals surface area contributed by atoms with Crippen molar-refractivity contribution in [1.82, 2.24) is 10.2 Å². The molecule has 9 heteroatoms. The van der Waals surface area contributed by atoms with Crippen LogP contribution in [0.3, 0.4) is 0 Å². The van der Waals surface area contributed by atoms with Crippen LogP contribution in [0.2, 0.25) is 0 Å². The minimum Gasteiger partial charge on any atom is -0.352 e. The second-order valence-electron chi connectivity index (χ2n) is 9.47. The predicted molar refractivity (Wildman–Crippen MR) is 139 cm³/mol. The lowest BCUT2D eigenvalue weighted by atomic mass is 9.95. The van der Waals surface area contributed by atoms with Crippen LogP contribution in [0, 0.1) is 12.7 Å². The van der Waals surface area contributed by atoms with Crippen molar-refractivity contribution in [1.29, 1.82) is 0 Å². The van der Waals surface area contributed by atoms with E-state index in [9.17, 15) is 22.4 Å². The van der Waals surface area contributed by atoms with Gasteiger partial charge in [0.1, 0.15) is 18.4 Å². The van der Waals surface area contributed by atoms with E-state index in [2.05, 4.69) is 5.32 Å². The average Bonchev–Trinajstić information content (AvgIpc) is 2.84. The molecular formula is C27H36FN3O4S. The van der Waals surface area contributed by atoms with E-state index in [0.29, 0.717) is 23.2 Å². The Labute approximate surface area is 213 Å². The molecule has 2 aromatic carbocycles. The van der Waals surface area contributed by atoms with Crippen molar-refractivity contribution in [2.45, 2.75) is 71.0 Å². The molecule has 1 saturated carbocycles. The maximum Gasteiger partial charge on any atom is 0.244 e. The Morgan fingerprint density at radius 2 is 1.69 bits per heavy atom. The van der Waals surface area contributed by atoms with Crippen LogP contribution in [0.25, 0.3) is 0 Å². The number of benzene rings is 2. The van der Waals surface area contributed by atoms with Gasteiger partial charge < -0.3 is 10.2 Å². The zero-order valence-electron chi connectivity index (χ0n) is 21.2. The van der Waals surface area contributed by atoms with E-state index in [-0.39, 0.29) is 18.5 Å². The minimum absolute atomic E-state index is 0.0566. The number of anilines is 1. The molecule has 0 aromatic heterocycles. The second-order valence-corrected chi connectivity index (χ2v) is 11.4. The summed E-state index contributed by atoms with van der Waals surface area (Å²) in [7, 11) is -3.79. The quantitative estimate of drug-likeness (QED) is 0.513. The molecule has 2 aromatic rings. The summed E-state index contributed by atoms with van der Waals surface area (Å²) in [6.07, 6.45) is 6.49. The van der Waals surface area contributed by atoms with Crippen molar-refractivity contribution in [2.24, 2.45) is 0 Å². The summed E-state index contributed by atoms with van der Waals surface area (Å²) in [5.74, 6) is -1.15. The van der Waals surface area contributed by atoms with Gasteiger partial charge in [0, 0.05) is 12.6 Å². The predicted octanol–water partition coefficient (Wildman–Crippen LogP) is 4.16. The van der Waals surface area contributed by atoms with E-state index in [0.717, 1.165) is 42.7 Å². The zero-order chi connectivity index (χ0) is 26.3. The number of halogens is 1. The molecule has 2 amide bonds. The lowest BCUT2D eigenvalue weighted by Gasteiger charge is -2.34. The van der Waals surface area contributed by atoms with E-state index >= 15 is 0 Å². The van der Waals surface area contributed by atoms with Crippen LogP contribution in [-0.4, -0.2) is 50.0 Å². The lowest BCUT2D eigenvalue weighted by molar-refractivity contribution is -0.140. The van der Waals surface area contributed by atoms with Gasteiger partial charge in [-0.05, 0) is 55.5 Å². The van der Waals surface area contributed by atoms with Crippen LogP contribution >= 0.6 is 0 Å². The van der Waals surface area contributed by atoms with E-state index in [4.69, 9.17) is 0 Å². The van der Waals surface area contributed by atoms with Crippen LogP contribution in [0.4, 0.5) is 10.1 Å². The van der Waals surface area contributed by atoms with E-state index in [1.54, 1.807) is 43.3 Å². The second kappa shape index (κ2) is 12.3. The van der Waals surface area contributed by atoms with Gasteiger partial charge in [-0.1, -0.05) is 56.5 Å². The Morgan fingerprint density at radius 3 is 2.28 bits per heavy atom. The van der Waals surface area contributed by atoms with Gasteiger partial charge in [-0.15, -0.1) is 0 Å². The van der Waals surface area contributed by atoms with Crippen molar-refractivity contribution < 1.29 is 22.4 Å². The number of para-hydroxylation sites is 1. The van der Waals surface area contributed by atoms with Crippen LogP contribution in [0.5, 0.6) is 0 Å². The molecule has 1 atom stereocenters. The minimum atomic E-state index is -3.79. The standard InChI is InChI=1S/C27H36FN3O4S/c1-4-24(27(33)29-23-11-6-5-7-12-23)30(18-21-14-16-22(28)17-15-21)26(32)19-31(36(3,34)35)25-13-9-8-10-20(25)2/h8-10,13-17,23-24H,4-7,11-12,18-19H2,1-3H3,(H,29,33). The number of hydrogen-bond donors (Lipinski definition) is 1. The normalized spacial score (nSPS) is 15.2. The highest BCUT2D eigenvalue weighted by Crippen LogP contribution is 2.24. The number of amides is 2. The summed E-state index contributed by atoms with van der Waals surface area (Å²) in [6, 6.07) is 12.0. The van der Waals surface area contributed by atoms with Gasteiger partial charge in [0.2, 0.25) is 21.8 Å². The fraction of sp³-hybridized carbons (Fsp3) is 0.481. The highest BCUT2D eigenvalue weighted by molar-refractivity contribution is 7.92. The fourth-order valence-electron chi connectivity index (χ4n) is 4.69. The number of nitrogens with zero attached hydrogens (tertiary/aromatic N) is 2. The lowest BCUT2D eigenvalue weighted by Crippen LogP contribution is -2.54. The molecule has 1 N–H and O–H groups in total. The largest absolute Gasteiger partial charge is 0.352 e. The van der Waals surface area contributed by atoms with E-state index < -0.39 is 34.3 Å². The van der Waals surface area contributed by atoms with Gasteiger partial charge in [0.25, 0.3) is 0 Å². The summed E-state index contributed by atoms with van der Waals surface area (Å²) in [4.78, 5) is 28.5. The molecule has 1 fully saturated rings. The number of rotatable bonds is 10. The smallest absolute Gasteiger partial charge is 0.244 e. The van der Waals surface area contributed by atoms with Crippen molar-refractivity contribution >= 4 is 27.5 Å². The number of carbonyl (C=O) groups is 2. The zero-order valence-corrected chi connectivity index (χ0v) is 22.1. The number of hydrogen-bond acceptors (Lipinski definition) is 4. The maximum atomic E-state index is 13.7. The Morgan fingerprint density at radius 1 is 1.06 bits per heavy atom. The average molecular weight is 518 g/mol. The third-order valence-electron chi connectivity index (χ3n) is 6.67. The molecule has 36 heavy (non-hydrogen) atoms. The number of aryl methyl sites for hydroxylation is 1. The SMILES string of the molecule is CCC(C(=O)NC1CCCCC1)N(Cc1ccc(F)cc1)C(=O)CN(c1ccccc1C)S(C)(=O)=O. The molecule has 0 saturated heterocycles. The van der Waals surface area contributed by atoms with Crippen molar-refractivity contribution in [2.75, 3.05) is 17.1 Å². The molecule has 0 aliphatic heterocycles. The first-order chi connectivity index (χ1) is 17.1. The number of sulfonamides is 1. The van der Waals surface area contributed by atoms with Gasteiger partial charge in [-0.2, -0.15) is 0 Å². The molecule has 1 aliphatic rings. The maximum absolute atomic E-state index is 13.7. The molecule has 7 nitrogen and oxygen atoms in total. The summed E-state index contributed by atoms with van der Waals surface area (Å²) < 4.78 is 40.0. The highest BCUT2D eigenvalue weighted by atomic mass is 32.2. The summed E-state index contributed by atoms with van der Waals surface area (Å²) >= 11 is 0. The molecule has 1 aliphatic carbocycles. The summed E-state index contributed by atoms with van der Waals surface area (Å²) in [6.45, 7) is 3.21. The van der Waals surface area contributed by atoms with Crippen molar-refractivity contribution in [3.05, 3.63) is 65.5 Å². The molecular weight excluding hydrogens is 481 g/mol. The Balaban J connectivity index is 1.91. The molecule has 196 valence electrons. The van der Waals surface area contributed by atoms with Gasteiger partial charge in [0.15, 0.2) is 0 Å². The molecule has 0 heterocycles. The summed E-state index contributed by atoms with van der Waals surface area (Å²) in [5.41, 5.74) is 1.77. The molecule has 0 bridgehead atoms. The third kappa shape index (κ3) is 7.29. The van der Waals surface area contributed by atoms with Gasteiger partial charge >= 0.3 is 0 Å². The van der Waals surface area contributed by atoms with Crippen LogP contribution in [0.15, 0.2) is 48.5 Å². The van der Waals surface area contributed by atoms with E-state index in [1.807, 2.05) is 6.92 Å². The Hall–Kier alpha value is -2.94. The Kier molecular flexibility index (Phi) is 9.48. The molecule has 3 rings (SSSR count). The first-order valence-electron chi connectivity index (χ1n) is 12.5. The summed E-state index contributed by atoms with van der Waals surface area (Å²) in [5, 5.41) is 3.10. The third-order valence-corrected chi connectivity index (χ3v) is 7.79. The van der Waals surface area contributed by atoms with Crippen molar-refractivity contribution in [3.8, 4) is 0 Å². The first kappa shape index (κ1) is 27.6. The molecule has 0 radical (unpaired) electrons. The highest BCUT2D eigenvalue weighted by Gasteiger charge is 2.33. The van der Waals surface area contributed by atoms with Gasteiger partial charge in [-0.3, -0.25) is 13.9 Å². The Bertz CT molecular complexity index is 1150. The van der Waals surface area contributed by atoms with Crippen LogP contribution in [-0.2, 0) is 26.2 Å². The molecule has 1 unspecified atom stereocenters. The first-order valence-corrected chi connectivity index (χ1v) is 14.3. The van der Waals surface area contributed by atoms with Gasteiger partial charge in [-0.25, -0.2) is 12.8 Å². The number of nitrogens with one attached hydrogen (secondary N) is 1. The van der Waals surface area contributed by atoms with Crippen LogP contribution < -0.4 is 9.62 Å². The monoisotopic (exact) mass is 517 g/mol. The van der Waals surface area contributed by atoms with Crippen molar-refractivity contribution in [3.63, 3.8) is 0 Å². The van der Waals surface area contributed by atoms with Gasteiger partial charge in [0.05, 0.1) is 11.9 Å². The molecule has 0 spiro atoms. The fourth-order valence-corrected chi connectivity index (χ4v) is 5.60. The topological polar surface area (TPSA) is 86.8 Å². The van der Waals surface area contributed by atoms with E-state index in [1.165, 1.54) is 17.0 Å². The number of carbonyl (C=O) groups excluding carboxylic acids is 2. The van der Waals surface area contributed by atoms with Crippen LogP contribution in [0.1, 0.15) is 56.6 Å².